The molecule has 30 heavy (non-hydrogen) atoms. The number of aromatic amines is 1. The number of nitrogens with zero attached hydrogens (tertiary/aromatic N) is 2. The minimum absolute atomic E-state index is 0.113. The third-order valence-electron chi connectivity index (χ3n) is 6.42. The van der Waals surface area contributed by atoms with Gasteiger partial charge in [-0.3, -0.25) is 9.78 Å². The number of hydrogen-bond donors (Lipinski definition) is 1. The van der Waals surface area contributed by atoms with Gasteiger partial charge < -0.3 is 14.6 Å². The second-order valence-electron chi connectivity index (χ2n) is 8.11. The number of likely N-dealkylation sites (tertiary alicyclic amines) is 1. The number of carbonyl (C=O) groups excluding carboxylic acids is 1. The standard InChI is InChI=1S/C22H23N3O4S/c26-21(19-11-24-20-7-2-1-6-18(19)20)25-14-22(15-25)16(8-10-30(22,27)28)12-29-13-17-5-3-4-9-23-17/h1-7,9,11,16,24H,8,10,12-15H2/t16-/m1/s1. The monoisotopic (exact) mass is 425 g/mol. The molecular formula is C22H23N3O4S. The highest BCUT2D eigenvalue weighted by Crippen LogP contribution is 2.45. The summed E-state index contributed by atoms with van der Waals surface area (Å²) in [6, 6.07) is 13.2. The second kappa shape index (κ2) is 7.21. The lowest BCUT2D eigenvalue weighted by molar-refractivity contribution is 0.0205. The summed E-state index contributed by atoms with van der Waals surface area (Å²) in [4.78, 5) is 22.0. The number of ether oxygens (including phenoxy) is 1. The van der Waals surface area contributed by atoms with Gasteiger partial charge in [-0.15, -0.1) is 0 Å². The van der Waals surface area contributed by atoms with E-state index >= 15 is 0 Å². The second-order valence-corrected chi connectivity index (χ2v) is 10.6. The smallest absolute Gasteiger partial charge is 0.256 e. The maximum absolute atomic E-state index is 13.0. The highest BCUT2D eigenvalue weighted by atomic mass is 32.2. The Bertz CT molecular complexity index is 1180. The van der Waals surface area contributed by atoms with E-state index in [-0.39, 0.29) is 30.7 Å². The summed E-state index contributed by atoms with van der Waals surface area (Å²) < 4.78 is 30.7. The van der Waals surface area contributed by atoms with Crippen molar-refractivity contribution in [2.45, 2.75) is 17.8 Å². The third-order valence-corrected chi connectivity index (χ3v) is 9.02. The largest absolute Gasteiger partial charge is 0.375 e. The molecule has 7 nitrogen and oxygen atoms in total. The van der Waals surface area contributed by atoms with Crippen molar-refractivity contribution in [1.29, 1.82) is 0 Å². The van der Waals surface area contributed by atoms with Gasteiger partial charge in [0.25, 0.3) is 5.91 Å². The summed E-state index contributed by atoms with van der Waals surface area (Å²) >= 11 is 0. The van der Waals surface area contributed by atoms with Crippen LogP contribution in [0.4, 0.5) is 0 Å². The predicted octanol–water partition coefficient (Wildman–Crippen LogP) is 2.41. The van der Waals surface area contributed by atoms with Gasteiger partial charge in [0.05, 0.1) is 30.2 Å². The van der Waals surface area contributed by atoms with Crippen molar-refractivity contribution in [1.82, 2.24) is 14.9 Å². The number of hydrogen-bond acceptors (Lipinski definition) is 5. The Labute approximate surface area is 175 Å². The van der Waals surface area contributed by atoms with Crippen molar-refractivity contribution in [2.24, 2.45) is 5.92 Å². The number of carbonyl (C=O) groups is 1. The number of H-pyrrole nitrogens is 1. The molecule has 2 aliphatic heterocycles. The number of para-hydroxylation sites is 1. The molecule has 0 bridgehead atoms. The molecule has 3 aromatic rings. The van der Waals surface area contributed by atoms with Gasteiger partial charge in [-0.1, -0.05) is 24.3 Å². The van der Waals surface area contributed by atoms with Gasteiger partial charge >= 0.3 is 0 Å². The number of fused-ring (bicyclic) bond motifs is 1. The molecule has 5 rings (SSSR count). The number of aromatic nitrogens is 2. The van der Waals surface area contributed by atoms with Crippen LogP contribution in [0.5, 0.6) is 0 Å². The topological polar surface area (TPSA) is 92.4 Å². The molecule has 0 aliphatic carbocycles. The van der Waals surface area contributed by atoms with Crippen molar-refractivity contribution in [2.75, 3.05) is 25.4 Å². The molecule has 0 saturated carbocycles. The van der Waals surface area contributed by atoms with Gasteiger partial charge in [0, 0.05) is 42.3 Å². The minimum atomic E-state index is -3.27. The molecule has 4 heterocycles. The van der Waals surface area contributed by atoms with E-state index < -0.39 is 14.6 Å². The van der Waals surface area contributed by atoms with E-state index in [4.69, 9.17) is 4.74 Å². The summed E-state index contributed by atoms with van der Waals surface area (Å²) in [5.74, 6) is -0.0914. The van der Waals surface area contributed by atoms with E-state index in [1.54, 1.807) is 17.3 Å². The minimum Gasteiger partial charge on any atom is -0.375 e. The zero-order chi connectivity index (χ0) is 20.8. The predicted molar refractivity (Wildman–Crippen MR) is 113 cm³/mol. The van der Waals surface area contributed by atoms with Crippen molar-refractivity contribution in [3.8, 4) is 0 Å². The molecule has 1 amide bonds. The molecule has 0 unspecified atom stereocenters. The van der Waals surface area contributed by atoms with E-state index in [0.717, 1.165) is 16.6 Å². The molecule has 8 heteroatoms. The molecule has 2 aliphatic rings. The molecule has 2 saturated heterocycles. The molecule has 1 aromatic carbocycles. The number of sulfone groups is 1. The summed E-state index contributed by atoms with van der Waals surface area (Å²) in [7, 11) is -3.27. The molecule has 1 N–H and O–H groups in total. The fourth-order valence-corrected chi connectivity index (χ4v) is 7.06. The van der Waals surface area contributed by atoms with Crippen LogP contribution in [0.25, 0.3) is 10.9 Å². The Morgan fingerprint density at radius 1 is 1.20 bits per heavy atom. The molecule has 1 spiro atoms. The van der Waals surface area contributed by atoms with Gasteiger partial charge in [0.1, 0.15) is 4.75 Å². The average Bonchev–Trinajstić information content (AvgIpc) is 3.26. The average molecular weight is 426 g/mol. The molecule has 2 aromatic heterocycles. The Kier molecular flexibility index (Phi) is 4.63. The van der Waals surface area contributed by atoms with Crippen LogP contribution in [0.3, 0.4) is 0 Å². The lowest BCUT2D eigenvalue weighted by atomic mass is 9.83. The zero-order valence-electron chi connectivity index (χ0n) is 16.5. The lowest BCUT2D eigenvalue weighted by Gasteiger charge is -2.49. The number of nitrogens with one attached hydrogen (secondary N) is 1. The quantitative estimate of drug-likeness (QED) is 0.678. The number of amides is 1. The molecule has 0 radical (unpaired) electrons. The van der Waals surface area contributed by atoms with Crippen LogP contribution in [0, 0.1) is 5.92 Å². The van der Waals surface area contributed by atoms with Gasteiger partial charge in [-0.2, -0.15) is 0 Å². The normalized spacial score (nSPS) is 21.7. The lowest BCUT2D eigenvalue weighted by Crippen LogP contribution is -2.68. The van der Waals surface area contributed by atoms with E-state index in [2.05, 4.69) is 9.97 Å². The fraction of sp³-hybridized carbons (Fsp3) is 0.364. The van der Waals surface area contributed by atoms with Crippen molar-refractivity contribution in [3.63, 3.8) is 0 Å². The van der Waals surface area contributed by atoms with Crippen LogP contribution in [-0.2, 0) is 21.2 Å². The number of benzene rings is 1. The Hall–Kier alpha value is -2.71. The van der Waals surface area contributed by atoms with Crippen LogP contribution in [0.15, 0.2) is 54.9 Å². The first-order valence-electron chi connectivity index (χ1n) is 10.1. The summed E-state index contributed by atoms with van der Waals surface area (Å²) in [5, 5.41) is 0.855. The first-order valence-corrected chi connectivity index (χ1v) is 11.7. The van der Waals surface area contributed by atoms with E-state index in [9.17, 15) is 13.2 Å². The SMILES string of the molecule is O=C(c1c[nH]c2ccccc12)N1CC2(C1)[C@@H](COCc1ccccn1)CCS2(=O)=O. The summed E-state index contributed by atoms with van der Waals surface area (Å²) in [5.41, 5.74) is 2.29. The van der Waals surface area contributed by atoms with Gasteiger partial charge in [-0.25, -0.2) is 8.42 Å². The molecule has 2 fully saturated rings. The number of pyridine rings is 1. The summed E-state index contributed by atoms with van der Waals surface area (Å²) in [6.45, 7) is 1.16. The van der Waals surface area contributed by atoms with Crippen LogP contribution >= 0.6 is 0 Å². The van der Waals surface area contributed by atoms with E-state index in [1.165, 1.54) is 0 Å². The van der Waals surface area contributed by atoms with E-state index in [1.807, 2.05) is 42.5 Å². The Morgan fingerprint density at radius 2 is 2.00 bits per heavy atom. The first kappa shape index (κ1) is 19.3. The van der Waals surface area contributed by atoms with Crippen molar-refractivity contribution in [3.05, 3.63) is 66.1 Å². The van der Waals surface area contributed by atoms with Crippen molar-refractivity contribution >= 4 is 26.6 Å². The molecule has 156 valence electrons. The first-order chi connectivity index (χ1) is 14.5. The Balaban J connectivity index is 1.29. The van der Waals surface area contributed by atoms with Gasteiger partial charge in [-0.05, 0) is 24.6 Å². The van der Waals surface area contributed by atoms with E-state index in [0.29, 0.717) is 25.2 Å². The fourth-order valence-electron chi connectivity index (χ4n) is 4.66. The van der Waals surface area contributed by atoms with Crippen LogP contribution in [0.1, 0.15) is 22.5 Å². The Morgan fingerprint density at radius 3 is 2.80 bits per heavy atom. The van der Waals surface area contributed by atoms with Crippen LogP contribution in [0.2, 0.25) is 0 Å². The van der Waals surface area contributed by atoms with Crippen LogP contribution < -0.4 is 0 Å². The van der Waals surface area contributed by atoms with Crippen LogP contribution in [-0.4, -0.2) is 59.4 Å². The van der Waals surface area contributed by atoms with Gasteiger partial charge in [0.15, 0.2) is 9.84 Å². The highest BCUT2D eigenvalue weighted by molar-refractivity contribution is 7.93. The van der Waals surface area contributed by atoms with Crippen molar-refractivity contribution < 1.29 is 17.9 Å². The molecular weight excluding hydrogens is 402 g/mol. The molecule has 1 atom stereocenters. The third kappa shape index (κ3) is 3.02. The zero-order valence-corrected chi connectivity index (χ0v) is 17.3. The number of rotatable bonds is 5. The summed E-state index contributed by atoms with van der Waals surface area (Å²) in [6.07, 6.45) is 3.98. The maximum Gasteiger partial charge on any atom is 0.256 e. The highest BCUT2D eigenvalue weighted by Gasteiger charge is 2.62. The maximum atomic E-state index is 13.0. The van der Waals surface area contributed by atoms with Gasteiger partial charge in [0.2, 0.25) is 0 Å².